The molecule has 3 heterocycles. The second kappa shape index (κ2) is 7.25. The summed E-state index contributed by atoms with van der Waals surface area (Å²) in [5, 5.41) is 4.61. The number of carbonyl (C=O) groups excluding carboxylic acids is 2. The van der Waals surface area contributed by atoms with Crippen LogP contribution >= 0.6 is 0 Å². The number of ether oxygens (including phenoxy) is 1. The Bertz CT molecular complexity index is 832. The molecule has 0 aromatic carbocycles. The van der Waals surface area contributed by atoms with Crippen molar-refractivity contribution in [1.82, 2.24) is 19.6 Å². The molecule has 8 heteroatoms. The quantitative estimate of drug-likeness (QED) is 0.755. The van der Waals surface area contributed by atoms with Crippen LogP contribution in [0.1, 0.15) is 83.1 Å². The molecule has 2 N–H and O–H groups in total. The van der Waals surface area contributed by atoms with Gasteiger partial charge in [-0.15, -0.1) is 0 Å². The SMILES string of the molecule is Cn1nc2c(c1C(=O)N1C(C)(C)CC(N)CC1(C)C)CN(C(=O)OC(C)(C)C)CC2. The monoisotopic (exact) mass is 419 g/mol. The van der Waals surface area contributed by atoms with Crippen LogP contribution in [0.4, 0.5) is 4.79 Å². The normalized spacial score (nSPS) is 21.4. The van der Waals surface area contributed by atoms with E-state index in [-0.39, 0.29) is 29.1 Å². The predicted molar refractivity (Wildman–Crippen MR) is 115 cm³/mol. The summed E-state index contributed by atoms with van der Waals surface area (Å²) in [5.74, 6) is -0.0563. The van der Waals surface area contributed by atoms with E-state index in [0.717, 1.165) is 24.1 Å². The molecule has 0 atom stereocenters. The molecular weight excluding hydrogens is 382 g/mol. The molecule has 3 rings (SSSR count). The number of fused-ring (bicyclic) bond motifs is 1. The molecule has 30 heavy (non-hydrogen) atoms. The van der Waals surface area contributed by atoms with Crippen molar-refractivity contribution in [3.05, 3.63) is 17.0 Å². The van der Waals surface area contributed by atoms with Gasteiger partial charge in [-0.05, 0) is 61.3 Å². The highest BCUT2D eigenvalue weighted by Gasteiger charge is 2.48. The minimum Gasteiger partial charge on any atom is -0.444 e. The molecule has 1 saturated heterocycles. The Kier molecular flexibility index (Phi) is 5.46. The highest BCUT2D eigenvalue weighted by atomic mass is 16.6. The molecule has 1 aromatic rings. The fourth-order valence-electron chi connectivity index (χ4n) is 5.26. The molecule has 2 amide bonds. The number of aromatic nitrogens is 2. The van der Waals surface area contributed by atoms with Gasteiger partial charge >= 0.3 is 6.09 Å². The van der Waals surface area contributed by atoms with Gasteiger partial charge in [0.1, 0.15) is 11.3 Å². The van der Waals surface area contributed by atoms with Gasteiger partial charge < -0.3 is 20.3 Å². The van der Waals surface area contributed by atoms with Crippen molar-refractivity contribution in [2.75, 3.05) is 6.54 Å². The molecule has 0 bridgehead atoms. The van der Waals surface area contributed by atoms with Crippen molar-refractivity contribution in [1.29, 1.82) is 0 Å². The number of hydrogen-bond acceptors (Lipinski definition) is 5. The Labute approximate surface area is 179 Å². The Morgan fingerprint density at radius 2 is 1.70 bits per heavy atom. The molecule has 2 aliphatic rings. The van der Waals surface area contributed by atoms with Crippen LogP contribution in [-0.4, -0.2) is 60.8 Å². The van der Waals surface area contributed by atoms with E-state index in [1.54, 1.807) is 16.6 Å². The Morgan fingerprint density at radius 1 is 1.13 bits per heavy atom. The first-order valence-corrected chi connectivity index (χ1v) is 10.8. The topological polar surface area (TPSA) is 93.7 Å². The van der Waals surface area contributed by atoms with E-state index in [1.807, 2.05) is 25.7 Å². The van der Waals surface area contributed by atoms with Gasteiger partial charge in [0.05, 0.1) is 12.2 Å². The summed E-state index contributed by atoms with van der Waals surface area (Å²) >= 11 is 0. The summed E-state index contributed by atoms with van der Waals surface area (Å²) in [7, 11) is 1.80. The standard InChI is InChI=1S/C22H37N5O3/c1-20(2,3)30-19(29)26-10-9-16-15(13-26)17(25(8)24-16)18(28)27-21(4,5)11-14(23)12-22(27,6)7/h14H,9-13,23H2,1-8H3. The summed E-state index contributed by atoms with van der Waals surface area (Å²) in [6.45, 7) is 14.7. The van der Waals surface area contributed by atoms with Gasteiger partial charge in [-0.1, -0.05) is 0 Å². The fraction of sp³-hybridized carbons (Fsp3) is 0.773. The maximum absolute atomic E-state index is 13.9. The van der Waals surface area contributed by atoms with Crippen LogP contribution in [0, 0.1) is 0 Å². The summed E-state index contributed by atoms with van der Waals surface area (Å²) < 4.78 is 7.22. The first-order chi connectivity index (χ1) is 13.6. The number of rotatable bonds is 1. The molecule has 0 radical (unpaired) electrons. The van der Waals surface area contributed by atoms with Crippen molar-refractivity contribution in [2.45, 2.75) is 97.0 Å². The van der Waals surface area contributed by atoms with Crippen LogP contribution < -0.4 is 5.73 Å². The van der Waals surface area contributed by atoms with Crippen LogP contribution in [0.5, 0.6) is 0 Å². The maximum Gasteiger partial charge on any atom is 0.410 e. The van der Waals surface area contributed by atoms with Crippen molar-refractivity contribution < 1.29 is 14.3 Å². The summed E-state index contributed by atoms with van der Waals surface area (Å²) in [4.78, 5) is 30.1. The number of amides is 2. The molecule has 168 valence electrons. The minimum absolute atomic E-state index is 0.0563. The molecule has 0 saturated carbocycles. The van der Waals surface area contributed by atoms with Crippen LogP contribution in [0.3, 0.4) is 0 Å². The lowest BCUT2D eigenvalue weighted by molar-refractivity contribution is -0.0183. The number of piperidine rings is 1. The lowest BCUT2D eigenvalue weighted by atomic mass is 9.77. The third-order valence-corrected chi connectivity index (χ3v) is 5.99. The first kappa shape index (κ1) is 22.6. The second-order valence-corrected chi connectivity index (χ2v) is 11.0. The molecule has 8 nitrogen and oxygen atoms in total. The Hall–Kier alpha value is -2.09. The third kappa shape index (κ3) is 4.19. The van der Waals surface area contributed by atoms with Crippen LogP contribution in [0.25, 0.3) is 0 Å². The summed E-state index contributed by atoms with van der Waals surface area (Å²) in [6, 6.07) is 0.0576. The lowest BCUT2D eigenvalue weighted by Crippen LogP contribution is -2.65. The van der Waals surface area contributed by atoms with E-state index in [2.05, 4.69) is 32.8 Å². The van der Waals surface area contributed by atoms with Gasteiger partial charge in [0.2, 0.25) is 0 Å². The van der Waals surface area contributed by atoms with Crippen LogP contribution in [-0.2, 0) is 24.8 Å². The van der Waals surface area contributed by atoms with Gasteiger partial charge in [-0.2, -0.15) is 5.10 Å². The molecule has 1 fully saturated rings. The maximum atomic E-state index is 13.9. The van der Waals surface area contributed by atoms with Gasteiger partial charge in [-0.3, -0.25) is 9.48 Å². The fourth-order valence-corrected chi connectivity index (χ4v) is 5.26. The highest BCUT2D eigenvalue weighted by Crippen LogP contribution is 2.39. The average molecular weight is 420 g/mol. The number of hydrogen-bond donors (Lipinski definition) is 1. The van der Waals surface area contributed by atoms with Gasteiger partial charge in [0.25, 0.3) is 5.91 Å². The molecule has 0 spiro atoms. The van der Waals surface area contributed by atoms with Crippen molar-refractivity contribution in [3.63, 3.8) is 0 Å². The van der Waals surface area contributed by atoms with E-state index >= 15 is 0 Å². The molecular formula is C22H37N5O3. The first-order valence-electron chi connectivity index (χ1n) is 10.8. The largest absolute Gasteiger partial charge is 0.444 e. The number of likely N-dealkylation sites (tertiary alicyclic amines) is 1. The Balaban J connectivity index is 1.95. The predicted octanol–water partition coefficient (Wildman–Crippen LogP) is 2.83. The lowest BCUT2D eigenvalue weighted by Gasteiger charge is -2.54. The molecule has 2 aliphatic heterocycles. The van der Waals surface area contributed by atoms with Crippen LogP contribution in [0.15, 0.2) is 0 Å². The van der Waals surface area contributed by atoms with Crippen LogP contribution in [0.2, 0.25) is 0 Å². The molecule has 1 aromatic heterocycles. The van der Waals surface area contributed by atoms with Gasteiger partial charge in [-0.25, -0.2) is 4.79 Å². The number of nitrogens with two attached hydrogens (primary N) is 1. The minimum atomic E-state index is -0.564. The third-order valence-electron chi connectivity index (χ3n) is 5.99. The summed E-state index contributed by atoms with van der Waals surface area (Å²) in [5.41, 5.74) is 7.22. The Morgan fingerprint density at radius 3 is 2.23 bits per heavy atom. The van der Waals surface area contributed by atoms with E-state index in [4.69, 9.17) is 10.5 Å². The number of aryl methyl sites for hydroxylation is 1. The van der Waals surface area contributed by atoms with Gasteiger partial charge in [0.15, 0.2) is 0 Å². The number of carbonyl (C=O) groups is 2. The van der Waals surface area contributed by atoms with E-state index in [9.17, 15) is 9.59 Å². The van der Waals surface area contributed by atoms with Crippen molar-refractivity contribution in [3.8, 4) is 0 Å². The summed E-state index contributed by atoms with van der Waals surface area (Å²) in [6.07, 6.45) is 1.73. The van der Waals surface area contributed by atoms with E-state index in [1.165, 1.54) is 0 Å². The van der Waals surface area contributed by atoms with E-state index < -0.39 is 5.60 Å². The number of nitrogens with zero attached hydrogens (tertiary/aromatic N) is 4. The van der Waals surface area contributed by atoms with Gasteiger partial charge in [0, 0.05) is 42.7 Å². The van der Waals surface area contributed by atoms with Crippen molar-refractivity contribution in [2.24, 2.45) is 12.8 Å². The smallest absolute Gasteiger partial charge is 0.410 e. The van der Waals surface area contributed by atoms with Crippen molar-refractivity contribution >= 4 is 12.0 Å². The molecule has 0 unspecified atom stereocenters. The molecule has 0 aliphatic carbocycles. The zero-order chi connectivity index (χ0) is 22.6. The zero-order valence-corrected chi connectivity index (χ0v) is 19.7. The second-order valence-electron chi connectivity index (χ2n) is 11.0. The average Bonchev–Trinajstić information content (AvgIpc) is 2.84. The van der Waals surface area contributed by atoms with E-state index in [0.29, 0.717) is 25.2 Å². The highest BCUT2D eigenvalue weighted by molar-refractivity contribution is 5.95. The zero-order valence-electron chi connectivity index (χ0n) is 19.7.